The van der Waals surface area contributed by atoms with Crippen LogP contribution in [0.4, 0.5) is 0 Å². The maximum Gasteiger partial charge on any atom is 0.0861 e. The van der Waals surface area contributed by atoms with Crippen LogP contribution in [0.3, 0.4) is 0 Å². The van der Waals surface area contributed by atoms with E-state index in [1.165, 1.54) is 3.72 Å². The average molecular weight is 257 g/mol. The van der Waals surface area contributed by atoms with Gasteiger partial charge < -0.3 is 0 Å². The second kappa shape index (κ2) is 2.93. The van der Waals surface area contributed by atoms with Gasteiger partial charge in [0.25, 0.3) is 0 Å². The van der Waals surface area contributed by atoms with E-state index in [0.717, 1.165) is 0 Å². The van der Waals surface area contributed by atoms with Crippen molar-refractivity contribution in [2.24, 2.45) is 16.8 Å². The zero-order chi connectivity index (χ0) is 7.68. The van der Waals surface area contributed by atoms with Crippen LogP contribution in [0, 0.1) is 11.8 Å². The lowest BCUT2D eigenvalue weighted by atomic mass is 9.88. The van der Waals surface area contributed by atoms with E-state index >= 15 is 0 Å². The first-order valence-corrected chi connectivity index (χ1v) is 4.70. The van der Waals surface area contributed by atoms with Gasteiger partial charge in [-0.05, 0) is 22.6 Å². The third-order valence-corrected chi connectivity index (χ3v) is 2.96. The molecule has 2 aliphatic rings. The van der Waals surface area contributed by atoms with Crippen molar-refractivity contribution in [3.05, 3.63) is 36.6 Å². The molecule has 11 heavy (non-hydrogen) atoms. The Morgan fingerprint density at radius 3 is 2.82 bits per heavy atom. The highest BCUT2D eigenvalue weighted by molar-refractivity contribution is 14.1. The molecule has 1 aliphatic carbocycles. The first kappa shape index (κ1) is 7.28. The fraction of sp³-hybridized carbons (Fsp3) is 0.222. The van der Waals surface area contributed by atoms with E-state index in [1.54, 1.807) is 0 Å². The van der Waals surface area contributed by atoms with Gasteiger partial charge in [-0.3, -0.25) is 4.99 Å². The Kier molecular flexibility index (Phi) is 1.94. The summed E-state index contributed by atoms with van der Waals surface area (Å²) in [5.74, 6) is 1.05. The molecule has 0 amide bonds. The summed E-state index contributed by atoms with van der Waals surface area (Å²) in [5.41, 5.74) is 0. The molecule has 0 N–H and O–H groups in total. The van der Waals surface area contributed by atoms with Crippen molar-refractivity contribution >= 4 is 26.3 Å². The quantitative estimate of drug-likeness (QED) is 0.591. The molecule has 56 valence electrons. The van der Waals surface area contributed by atoms with Crippen molar-refractivity contribution in [3.8, 4) is 0 Å². The van der Waals surface area contributed by atoms with Crippen molar-refractivity contribution in [3.63, 3.8) is 0 Å². The highest BCUT2D eigenvalue weighted by atomic mass is 127. The molecule has 0 aromatic carbocycles. The fourth-order valence-corrected chi connectivity index (χ4v) is 2.13. The largest absolute Gasteiger partial charge is 0.254 e. The van der Waals surface area contributed by atoms with Crippen molar-refractivity contribution in [2.75, 3.05) is 0 Å². The molecule has 2 unspecified atom stereocenters. The monoisotopic (exact) mass is 257 g/mol. The van der Waals surface area contributed by atoms with Crippen LogP contribution in [0.25, 0.3) is 0 Å². The van der Waals surface area contributed by atoms with Gasteiger partial charge in [0.2, 0.25) is 0 Å². The molecule has 0 radical (unpaired) electrons. The van der Waals surface area contributed by atoms with Crippen LogP contribution in [0.5, 0.6) is 0 Å². The van der Waals surface area contributed by atoms with Crippen molar-refractivity contribution in [1.82, 2.24) is 0 Å². The Bertz CT molecular complexity index is 273. The molecular weight excluding hydrogens is 249 g/mol. The zero-order valence-electron chi connectivity index (χ0n) is 5.94. The molecule has 1 nitrogen and oxygen atoms in total. The summed E-state index contributed by atoms with van der Waals surface area (Å²) in [6.45, 7) is 0. The van der Waals surface area contributed by atoms with E-state index in [4.69, 9.17) is 0 Å². The van der Waals surface area contributed by atoms with Crippen LogP contribution in [-0.4, -0.2) is 3.72 Å². The van der Waals surface area contributed by atoms with Crippen LogP contribution in [0.2, 0.25) is 0 Å². The molecule has 2 heteroatoms. The summed E-state index contributed by atoms with van der Waals surface area (Å²) in [7, 11) is 0. The number of nitrogens with zero attached hydrogens (tertiary/aromatic N) is 1. The number of rotatable bonds is 0. The predicted molar refractivity (Wildman–Crippen MR) is 55.9 cm³/mol. The Labute approximate surface area is 79.7 Å². The molecule has 0 fully saturated rings. The Morgan fingerprint density at radius 2 is 2.00 bits per heavy atom. The van der Waals surface area contributed by atoms with Gasteiger partial charge in [0, 0.05) is 18.0 Å². The van der Waals surface area contributed by atoms with E-state index in [9.17, 15) is 0 Å². The summed E-state index contributed by atoms with van der Waals surface area (Å²) < 4.78 is 1.19. The smallest absolute Gasteiger partial charge is 0.0861 e. The van der Waals surface area contributed by atoms with E-state index in [2.05, 4.69) is 58.0 Å². The van der Waals surface area contributed by atoms with Crippen LogP contribution < -0.4 is 0 Å². The standard InChI is InChI=1S/C9H8IN/c10-9-8-4-2-1-3-7(8)5-6-11-9/h1-8H. The summed E-state index contributed by atoms with van der Waals surface area (Å²) in [6, 6.07) is 0. The van der Waals surface area contributed by atoms with Gasteiger partial charge in [0.15, 0.2) is 0 Å². The SMILES string of the molecule is IC1=NC=CC2C=CC=CC12. The van der Waals surface area contributed by atoms with Gasteiger partial charge in [-0.15, -0.1) is 0 Å². The summed E-state index contributed by atoms with van der Waals surface area (Å²) >= 11 is 2.30. The van der Waals surface area contributed by atoms with Gasteiger partial charge in [-0.1, -0.05) is 30.4 Å². The van der Waals surface area contributed by atoms with Crippen molar-refractivity contribution in [2.45, 2.75) is 0 Å². The minimum atomic E-state index is 0.505. The van der Waals surface area contributed by atoms with Gasteiger partial charge in [-0.2, -0.15) is 0 Å². The lowest BCUT2D eigenvalue weighted by Crippen LogP contribution is -2.18. The predicted octanol–water partition coefficient (Wildman–Crippen LogP) is 2.71. The van der Waals surface area contributed by atoms with E-state index in [1.807, 2.05) is 6.20 Å². The summed E-state index contributed by atoms with van der Waals surface area (Å²) in [4.78, 5) is 4.25. The molecule has 1 heterocycles. The van der Waals surface area contributed by atoms with Gasteiger partial charge in [0.05, 0.1) is 3.72 Å². The molecule has 1 aliphatic heterocycles. The van der Waals surface area contributed by atoms with E-state index in [0.29, 0.717) is 11.8 Å². The third-order valence-electron chi connectivity index (χ3n) is 1.96. The van der Waals surface area contributed by atoms with Gasteiger partial charge >= 0.3 is 0 Å². The molecule has 0 spiro atoms. The van der Waals surface area contributed by atoms with E-state index in [-0.39, 0.29) is 0 Å². The van der Waals surface area contributed by atoms with E-state index < -0.39 is 0 Å². The second-order valence-electron chi connectivity index (χ2n) is 2.67. The molecule has 0 saturated heterocycles. The molecule has 0 bridgehead atoms. The highest BCUT2D eigenvalue weighted by Crippen LogP contribution is 2.27. The number of hydrogen-bond acceptors (Lipinski definition) is 1. The molecule has 0 saturated carbocycles. The maximum absolute atomic E-state index is 4.25. The number of halogens is 1. The molecule has 0 aromatic heterocycles. The van der Waals surface area contributed by atoms with Crippen LogP contribution in [0.15, 0.2) is 41.6 Å². The second-order valence-corrected chi connectivity index (χ2v) is 3.77. The first-order valence-electron chi connectivity index (χ1n) is 3.63. The van der Waals surface area contributed by atoms with Crippen molar-refractivity contribution < 1.29 is 0 Å². The number of hydrogen-bond donors (Lipinski definition) is 0. The normalized spacial score (nSPS) is 33.4. The minimum Gasteiger partial charge on any atom is -0.254 e. The van der Waals surface area contributed by atoms with Crippen LogP contribution >= 0.6 is 22.6 Å². The molecule has 2 atom stereocenters. The lowest BCUT2D eigenvalue weighted by Gasteiger charge is -2.22. The maximum atomic E-state index is 4.25. The fourth-order valence-electron chi connectivity index (χ4n) is 1.35. The number of aliphatic imine (C=N–C) groups is 1. The number of fused-ring (bicyclic) bond motifs is 1. The van der Waals surface area contributed by atoms with Gasteiger partial charge in [-0.25, -0.2) is 0 Å². The minimum absolute atomic E-state index is 0.505. The Balaban J connectivity index is 2.33. The van der Waals surface area contributed by atoms with Gasteiger partial charge in [0.1, 0.15) is 0 Å². The van der Waals surface area contributed by atoms with Crippen LogP contribution in [0.1, 0.15) is 0 Å². The molecular formula is C9H8IN. The molecule has 2 rings (SSSR count). The Hall–Kier alpha value is -0.380. The van der Waals surface area contributed by atoms with Crippen molar-refractivity contribution in [1.29, 1.82) is 0 Å². The lowest BCUT2D eigenvalue weighted by molar-refractivity contribution is 0.702. The average Bonchev–Trinajstić information content (AvgIpc) is 2.06. The third kappa shape index (κ3) is 1.31. The Morgan fingerprint density at radius 1 is 1.18 bits per heavy atom. The zero-order valence-corrected chi connectivity index (χ0v) is 8.10. The highest BCUT2D eigenvalue weighted by Gasteiger charge is 2.21. The number of allylic oxidation sites excluding steroid dienone is 5. The van der Waals surface area contributed by atoms with Crippen LogP contribution in [-0.2, 0) is 0 Å². The first-order chi connectivity index (χ1) is 5.38. The topological polar surface area (TPSA) is 12.4 Å². The molecule has 0 aromatic rings. The summed E-state index contributed by atoms with van der Waals surface area (Å²) in [5, 5.41) is 0. The summed E-state index contributed by atoms with van der Waals surface area (Å²) in [6.07, 6.45) is 12.7.